The summed E-state index contributed by atoms with van der Waals surface area (Å²) in [6.45, 7) is 53.9. The Hall–Kier alpha value is -9.06. The van der Waals surface area contributed by atoms with Gasteiger partial charge in [-0.2, -0.15) is 0 Å². The number of nitrogens with zero attached hydrogens (tertiary/aromatic N) is 2. The second-order valence-corrected chi connectivity index (χ2v) is 30.7. The molecule has 0 spiro atoms. The number of carboxylic acid groups (broad SMARTS) is 2. The van der Waals surface area contributed by atoms with E-state index in [9.17, 15) is 77.3 Å². The number of ether oxygens (including phenoxy) is 10. The van der Waals surface area contributed by atoms with Crippen molar-refractivity contribution in [3.8, 4) is 0 Å². The molecule has 2 fully saturated rings. The van der Waals surface area contributed by atoms with Crippen molar-refractivity contribution in [3.63, 3.8) is 0 Å². The number of aliphatic carboxylic acids is 2. The van der Waals surface area contributed by atoms with Gasteiger partial charge in [0.05, 0.1) is 101 Å². The van der Waals surface area contributed by atoms with Crippen molar-refractivity contribution in [3.05, 3.63) is 74.0 Å². The lowest BCUT2D eigenvalue weighted by Gasteiger charge is -2.40. The van der Waals surface area contributed by atoms with Gasteiger partial charge < -0.3 is 77.6 Å². The van der Waals surface area contributed by atoms with Gasteiger partial charge in [0, 0.05) is 66.9 Å². The number of carbonyl (C=O) groups is 14. The van der Waals surface area contributed by atoms with E-state index in [0.29, 0.717) is 55.3 Å². The average Bonchev–Trinajstić information content (AvgIpc) is 1.05. The minimum absolute atomic E-state index is 0.0221. The molecule has 0 aromatic heterocycles. The molecule has 642 valence electrons. The van der Waals surface area contributed by atoms with Gasteiger partial charge in [0.15, 0.2) is 0 Å². The number of rotatable bonds is 41. The second kappa shape index (κ2) is 60.6. The molecule has 2 aliphatic heterocycles. The Bertz CT molecular complexity index is 3010. The summed E-state index contributed by atoms with van der Waals surface area (Å²) < 4.78 is 50.5. The summed E-state index contributed by atoms with van der Waals surface area (Å²) in [7, 11) is 2.49. The summed E-state index contributed by atoms with van der Waals surface area (Å²) in [6.07, 6.45) is 5.94. The van der Waals surface area contributed by atoms with Crippen molar-refractivity contribution in [2.75, 3.05) is 93.4 Å². The average molecular weight is 1600 g/mol. The molecular weight excluding hydrogens is 1460 g/mol. The smallest absolute Gasteiger partial charge is 0.333 e. The lowest BCUT2D eigenvalue weighted by molar-refractivity contribution is -0.168. The van der Waals surface area contributed by atoms with Crippen LogP contribution in [-0.2, 0) is 114 Å². The van der Waals surface area contributed by atoms with E-state index in [1.165, 1.54) is 14.0 Å². The maximum atomic E-state index is 14.3. The molecule has 112 heavy (non-hydrogen) atoms. The van der Waals surface area contributed by atoms with Gasteiger partial charge in [-0.1, -0.05) is 123 Å². The Kier molecular flexibility index (Phi) is 60.3. The number of carbonyl (C=O) groups excluding carboxylic acids is 12. The topological polar surface area (TPSA) is 419 Å². The molecule has 0 aromatic carbocycles. The molecule has 0 aliphatic carbocycles. The summed E-state index contributed by atoms with van der Waals surface area (Å²) in [5.41, 5.74) is -3.14. The Morgan fingerprint density at radius 3 is 1.23 bits per heavy atom. The van der Waals surface area contributed by atoms with Crippen molar-refractivity contribution >= 4 is 83.4 Å². The maximum absolute atomic E-state index is 14.3. The van der Waals surface area contributed by atoms with E-state index in [1.54, 1.807) is 64.5 Å². The zero-order chi connectivity index (χ0) is 88.0. The molecule has 2 heterocycles. The lowest BCUT2D eigenvalue weighted by atomic mass is 9.68. The number of esters is 10. The molecule has 30 nitrogen and oxygen atoms in total. The number of amides is 2. The first kappa shape index (κ1) is 112. The lowest BCUT2D eigenvalue weighted by Crippen LogP contribution is -2.47. The number of aliphatic hydroxyl groups is 2. The van der Waals surface area contributed by atoms with Crippen molar-refractivity contribution in [1.82, 2.24) is 9.80 Å². The highest BCUT2D eigenvalue weighted by Gasteiger charge is 2.50. The molecule has 2 amide bonds. The standard InChI is InChI=1S/C42H71NO14.C12H20O4.C8H14O2.C6H9NO.C6H10O3.C5H8O2.C3H4O2/c1-26(2)22-55-35(48)29(7)32(36(49)56-23-27(3)4)21-41(10,39(52)57-24-28(5)6)20-31(43-15-13-14-33(43)45)18-30(34(46)47)19-42(11,38(51)53-12)25-40(8,9)37(50)54-17-16-44;1-9(2)7-15-11(13)5-6-12(14)16-8-10(3)4;1-6(2)5-10-8(9)7(3)4;1-2-7-5-3-4-6(7)8;1-5(2)6(8)9-4-3-7;1-4(2)5(6)7-3;1-2-3(4)5/h26-32,44H,13-25H2,1-12H3,(H,46,47);5-6,9-10H,7-8H2,1-4H3;6H,3,5H2,1-2,4H3;2H,1,3-5H2;7H,1,3-4H2,2H3;1H2,2-3H3;2H,1H2,(H,4,5)/b;6-5+;;;;;. The van der Waals surface area contributed by atoms with E-state index in [4.69, 9.17) is 48.1 Å². The minimum Gasteiger partial charge on any atom is -0.481 e. The van der Waals surface area contributed by atoms with Crippen LogP contribution in [0.4, 0.5) is 0 Å². The Labute approximate surface area is 664 Å². The number of carboxylic acids is 2. The number of aliphatic hydroxyl groups excluding tert-OH is 2. The first-order valence-electron chi connectivity index (χ1n) is 37.4. The third kappa shape index (κ3) is 53.8. The molecule has 2 rings (SSSR count). The monoisotopic (exact) mass is 1600 g/mol. The van der Waals surface area contributed by atoms with Gasteiger partial charge >= 0.3 is 71.6 Å². The third-order valence-corrected chi connectivity index (χ3v) is 15.4. The molecule has 0 aromatic rings. The summed E-state index contributed by atoms with van der Waals surface area (Å²) in [6, 6.07) is -0.891. The first-order chi connectivity index (χ1) is 51.8. The van der Waals surface area contributed by atoms with Crippen LogP contribution in [0, 0.1) is 69.5 Å². The third-order valence-electron chi connectivity index (χ3n) is 15.4. The maximum Gasteiger partial charge on any atom is 0.333 e. The Morgan fingerprint density at radius 2 is 0.884 bits per heavy atom. The van der Waals surface area contributed by atoms with E-state index in [-0.39, 0.29) is 138 Å². The van der Waals surface area contributed by atoms with Gasteiger partial charge in [0.25, 0.3) is 0 Å². The molecule has 4 N–H and O–H groups in total. The Morgan fingerprint density at radius 1 is 0.482 bits per heavy atom. The second-order valence-electron chi connectivity index (χ2n) is 30.7. The number of hydrogen-bond donors (Lipinski definition) is 4. The van der Waals surface area contributed by atoms with Crippen LogP contribution in [0.3, 0.4) is 0 Å². The predicted octanol–water partition coefficient (Wildman–Crippen LogP) is 10.8. The van der Waals surface area contributed by atoms with Crippen LogP contribution >= 0.6 is 0 Å². The summed E-state index contributed by atoms with van der Waals surface area (Å²) in [5.74, 6) is -10.5. The SMILES string of the molecule is C=C(C)C(=O)OC.C=C(C)C(=O)OCC(C)C.C=C(C)C(=O)OCCO.C=CC(=O)O.C=CN1CCCC1=O.CC(C)COC(=O)/C=C/C(=O)OCC(C)C.COC(=O)C(C)(CC(CC(CC(C)(CC(C(=O)OCC(C)C)C(C)C(=O)OCC(C)C)C(=O)OCC(C)C)N1CCCC1=O)C(=O)O)CC(C)(C)C(=O)OCCO. The van der Waals surface area contributed by atoms with Crippen molar-refractivity contribution in [1.29, 1.82) is 0 Å². The van der Waals surface area contributed by atoms with Gasteiger partial charge in [0.2, 0.25) is 11.8 Å². The van der Waals surface area contributed by atoms with Crippen LogP contribution in [-0.4, -0.2) is 213 Å². The zero-order valence-electron chi connectivity index (χ0n) is 70.9. The van der Waals surface area contributed by atoms with Crippen LogP contribution in [0.5, 0.6) is 0 Å². The highest BCUT2D eigenvalue weighted by molar-refractivity contribution is 5.92. The van der Waals surface area contributed by atoms with Gasteiger partial charge in [-0.3, -0.25) is 38.4 Å². The van der Waals surface area contributed by atoms with Crippen LogP contribution < -0.4 is 0 Å². The van der Waals surface area contributed by atoms with Gasteiger partial charge in [-0.25, -0.2) is 28.8 Å². The largest absolute Gasteiger partial charge is 0.481 e. The summed E-state index contributed by atoms with van der Waals surface area (Å²) in [5, 5.41) is 35.7. The van der Waals surface area contributed by atoms with Gasteiger partial charge in [-0.15, -0.1) is 0 Å². The quantitative estimate of drug-likeness (QED) is 0.0251. The molecule has 0 saturated carbocycles. The number of methoxy groups -OCH3 is 2. The fraction of sp³-hybridized carbons (Fsp3) is 0.683. The van der Waals surface area contributed by atoms with Crippen LogP contribution in [0.25, 0.3) is 0 Å². The molecule has 30 heteroatoms. The van der Waals surface area contributed by atoms with E-state index in [0.717, 1.165) is 38.3 Å². The molecule has 0 bridgehead atoms. The van der Waals surface area contributed by atoms with E-state index < -0.39 is 106 Å². The number of hydrogen-bond acceptors (Lipinski definition) is 26. The molecule has 0 radical (unpaired) electrons. The normalized spacial score (nSPS) is 14.3. The number of likely N-dealkylation sites (tertiary alicyclic amines) is 2. The van der Waals surface area contributed by atoms with Crippen molar-refractivity contribution in [2.24, 2.45) is 69.5 Å². The highest BCUT2D eigenvalue weighted by Crippen LogP contribution is 2.44. The summed E-state index contributed by atoms with van der Waals surface area (Å²) >= 11 is 0. The van der Waals surface area contributed by atoms with Crippen LogP contribution in [0.1, 0.15) is 196 Å². The molecule has 6 atom stereocenters. The van der Waals surface area contributed by atoms with Crippen molar-refractivity contribution in [2.45, 2.75) is 202 Å². The van der Waals surface area contributed by atoms with Crippen molar-refractivity contribution < 1.29 is 135 Å². The fourth-order valence-corrected chi connectivity index (χ4v) is 9.80. The highest BCUT2D eigenvalue weighted by atomic mass is 16.6. The summed E-state index contributed by atoms with van der Waals surface area (Å²) in [4.78, 5) is 171. The van der Waals surface area contributed by atoms with Gasteiger partial charge in [-0.05, 0) is 135 Å². The van der Waals surface area contributed by atoms with Crippen LogP contribution in [0.15, 0.2) is 74.0 Å². The van der Waals surface area contributed by atoms with Gasteiger partial charge in [0.1, 0.15) is 13.2 Å². The van der Waals surface area contributed by atoms with E-state index >= 15 is 0 Å². The molecule has 6 unspecified atom stereocenters. The molecule has 2 aliphatic rings. The minimum atomic E-state index is -1.55. The molecular formula is C82H136N2O28. The predicted molar refractivity (Wildman–Crippen MR) is 419 cm³/mol. The van der Waals surface area contributed by atoms with E-state index in [2.05, 4.69) is 42.4 Å². The van der Waals surface area contributed by atoms with E-state index in [1.807, 2.05) is 83.1 Å². The Balaban J connectivity index is -0.000000546. The fourth-order valence-electron chi connectivity index (χ4n) is 9.80. The van der Waals surface area contributed by atoms with Crippen LogP contribution in [0.2, 0.25) is 0 Å². The first-order valence-corrected chi connectivity index (χ1v) is 37.4. The zero-order valence-corrected chi connectivity index (χ0v) is 70.9. The molecule has 2 saturated heterocycles.